The molecule has 7 heteroatoms. The Hall–Kier alpha value is -4.00. The first kappa shape index (κ1) is 20.9. The molecule has 2 aromatic carbocycles. The highest BCUT2D eigenvalue weighted by Gasteiger charge is 2.35. The maximum atomic E-state index is 13.1. The molecule has 166 valence electrons. The predicted octanol–water partition coefficient (Wildman–Crippen LogP) is 4.34. The Balaban J connectivity index is 1.39. The van der Waals surface area contributed by atoms with Crippen molar-refractivity contribution in [3.8, 4) is 5.82 Å². The third-order valence-electron chi connectivity index (χ3n) is 6.05. The fraction of sp³-hybridized carbons (Fsp3) is 0.231. The molecule has 2 aromatic heterocycles. The highest BCUT2D eigenvalue weighted by Crippen LogP contribution is 2.27. The third kappa shape index (κ3) is 3.98. The molecule has 0 saturated carbocycles. The number of carbonyl (C=O) groups excluding carboxylic acids is 2. The number of nitrogens with zero attached hydrogens (tertiary/aromatic N) is 4. The van der Waals surface area contributed by atoms with E-state index in [0.29, 0.717) is 18.2 Å². The molecular weight excluding hydrogens is 414 g/mol. The Kier molecular flexibility index (Phi) is 5.17. The van der Waals surface area contributed by atoms with Crippen LogP contribution in [0.25, 0.3) is 16.7 Å². The molecule has 7 nitrogen and oxygen atoms in total. The highest BCUT2D eigenvalue weighted by molar-refractivity contribution is 6.03. The van der Waals surface area contributed by atoms with Crippen LogP contribution in [0.1, 0.15) is 23.2 Å². The molecule has 3 heterocycles. The SMILES string of the molecule is Cc1ccc(N2CC(C(=O)Nc3cc(C)nn3-c3cc(C)c4ccccc4n3)CC2=O)cc1. The summed E-state index contributed by atoms with van der Waals surface area (Å²) in [5.41, 5.74) is 4.66. The second-order valence-corrected chi connectivity index (χ2v) is 8.63. The van der Waals surface area contributed by atoms with Crippen LogP contribution in [0.15, 0.2) is 60.7 Å². The summed E-state index contributed by atoms with van der Waals surface area (Å²) in [5.74, 6) is 0.500. The Morgan fingerprint density at radius 1 is 1.03 bits per heavy atom. The first-order valence-corrected chi connectivity index (χ1v) is 11.0. The lowest BCUT2D eigenvalue weighted by Gasteiger charge is -2.17. The van der Waals surface area contributed by atoms with E-state index in [-0.39, 0.29) is 18.2 Å². The van der Waals surface area contributed by atoms with Crippen molar-refractivity contribution in [2.24, 2.45) is 5.92 Å². The summed E-state index contributed by atoms with van der Waals surface area (Å²) >= 11 is 0. The van der Waals surface area contributed by atoms with Gasteiger partial charge in [0.2, 0.25) is 11.8 Å². The second-order valence-electron chi connectivity index (χ2n) is 8.63. The van der Waals surface area contributed by atoms with E-state index < -0.39 is 5.92 Å². The van der Waals surface area contributed by atoms with Crippen LogP contribution in [-0.4, -0.2) is 33.1 Å². The average molecular weight is 440 g/mol. The van der Waals surface area contributed by atoms with Gasteiger partial charge in [0, 0.05) is 30.1 Å². The molecule has 0 aliphatic carbocycles. The standard InChI is InChI=1S/C26H25N5O2/c1-16-8-10-20(11-9-16)30-15-19(14-25(30)32)26(33)28-24-13-18(3)29-31(24)23-12-17(2)21-6-4-5-7-22(21)27-23/h4-13,19H,14-15H2,1-3H3,(H,28,33). The van der Waals surface area contributed by atoms with Crippen molar-refractivity contribution >= 4 is 34.2 Å². The predicted molar refractivity (Wildman–Crippen MR) is 129 cm³/mol. The molecule has 1 atom stereocenters. The van der Waals surface area contributed by atoms with Gasteiger partial charge in [-0.2, -0.15) is 9.78 Å². The summed E-state index contributed by atoms with van der Waals surface area (Å²) in [6.07, 6.45) is 0.181. The quantitative estimate of drug-likeness (QED) is 0.513. The summed E-state index contributed by atoms with van der Waals surface area (Å²) in [5, 5.41) is 8.62. The fourth-order valence-electron chi connectivity index (χ4n) is 4.29. The molecule has 5 rings (SSSR count). The highest BCUT2D eigenvalue weighted by atomic mass is 16.2. The Labute approximate surface area is 192 Å². The first-order valence-electron chi connectivity index (χ1n) is 11.0. The van der Waals surface area contributed by atoms with E-state index in [1.54, 1.807) is 9.58 Å². The zero-order chi connectivity index (χ0) is 23.1. The molecule has 4 aromatic rings. The number of anilines is 2. The molecule has 1 unspecified atom stereocenters. The minimum absolute atomic E-state index is 0.0458. The lowest BCUT2D eigenvalue weighted by atomic mass is 10.1. The van der Waals surface area contributed by atoms with Crippen LogP contribution in [0.2, 0.25) is 0 Å². The Morgan fingerprint density at radius 2 is 1.79 bits per heavy atom. The maximum Gasteiger partial charge on any atom is 0.230 e. The first-order chi connectivity index (χ1) is 15.9. The number of amides is 2. The van der Waals surface area contributed by atoms with Crippen molar-refractivity contribution in [1.82, 2.24) is 14.8 Å². The number of carbonyl (C=O) groups is 2. The Morgan fingerprint density at radius 3 is 2.58 bits per heavy atom. The zero-order valence-electron chi connectivity index (χ0n) is 18.9. The van der Waals surface area contributed by atoms with Gasteiger partial charge in [0.05, 0.1) is 17.1 Å². The molecule has 0 bridgehead atoms. The number of aryl methyl sites for hydroxylation is 3. The molecule has 1 aliphatic heterocycles. The summed E-state index contributed by atoms with van der Waals surface area (Å²) in [7, 11) is 0. The third-order valence-corrected chi connectivity index (χ3v) is 6.05. The van der Waals surface area contributed by atoms with Crippen molar-refractivity contribution in [1.29, 1.82) is 0 Å². The molecule has 1 aliphatic rings. The van der Waals surface area contributed by atoms with Crippen LogP contribution in [0, 0.1) is 26.7 Å². The van der Waals surface area contributed by atoms with Crippen molar-refractivity contribution in [3.05, 3.63) is 77.5 Å². The molecule has 2 amide bonds. The lowest BCUT2D eigenvalue weighted by Crippen LogP contribution is -2.28. The van der Waals surface area contributed by atoms with E-state index in [0.717, 1.165) is 33.4 Å². The van der Waals surface area contributed by atoms with E-state index in [2.05, 4.69) is 10.4 Å². The molecule has 1 saturated heterocycles. The normalized spacial score (nSPS) is 15.9. The molecule has 1 N–H and O–H groups in total. The second kappa shape index (κ2) is 8.16. The van der Waals surface area contributed by atoms with Crippen molar-refractivity contribution in [2.75, 3.05) is 16.8 Å². The van der Waals surface area contributed by atoms with Gasteiger partial charge in [-0.1, -0.05) is 35.9 Å². The largest absolute Gasteiger partial charge is 0.312 e. The summed E-state index contributed by atoms with van der Waals surface area (Å²) in [4.78, 5) is 32.1. The van der Waals surface area contributed by atoms with E-state index in [1.165, 1.54) is 0 Å². The van der Waals surface area contributed by atoms with Gasteiger partial charge in [0.1, 0.15) is 5.82 Å². The molecule has 0 radical (unpaired) electrons. The van der Waals surface area contributed by atoms with Gasteiger partial charge in [-0.3, -0.25) is 9.59 Å². The monoisotopic (exact) mass is 439 g/mol. The van der Waals surface area contributed by atoms with Gasteiger partial charge < -0.3 is 10.2 Å². The van der Waals surface area contributed by atoms with Crippen LogP contribution in [0.5, 0.6) is 0 Å². The van der Waals surface area contributed by atoms with Crippen LogP contribution in [0.4, 0.5) is 11.5 Å². The number of rotatable bonds is 4. The number of aromatic nitrogens is 3. The minimum atomic E-state index is -0.436. The molecule has 1 fully saturated rings. The summed E-state index contributed by atoms with van der Waals surface area (Å²) in [6.45, 7) is 6.27. The number of benzene rings is 2. The van der Waals surface area contributed by atoms with Gasteiger partial charge in [-0.25, -0.2) is 4.98 Å². The van der Waals surface area contributed by atoms with E-state index >= 15 is 0 Å². The number of hydrogen-bond acceptors (Lipinski definition) is 4. The average Bonchev–Trinajstić information content (AvgIpc) is 3.36. The van der Waals surface area contributed by atoms with Crippen LogP contribution >= 0.6 is 0 Å². The van der Waals surface area contributed by atoms with E-state index in [4.69, 9.17) is 4.98 Å². The van der Waals surface area contributed by atoms with Crippen molar-refractivity contribution < 1.29 is 9.59 Å². The number of nitrogens with one attached hydrogen (secondary N) is 1. The molecule has 0 spiro atoms. The van der Waals surface area contributed by atoms with Gasteiger partial charge in [0.15, 0.2) is 5.82 Å². The summed E-state index contributed by atoms with van der Waals surface area (Å²) < 4.78 is 1.65. The number of pyridine rings is 1. The maximum absolute atomic E-state index is 13.1. The number of fused-ring (bicyclic) bond motifs is 1. The van der Waals surface area contributed by atoms with E-state index in [9.17, 15) is 9.59 Å². The number of hydrogen-bond donors (Lipinski definition) is 1. The van der Waals surface area contributed by atoms with Gasteiger partial charge >= 0.3 is 0 Å². The van der Waals surface area contributed by atoms with E-state index in [1.807, 2.05) is 81.4 Å². The molecule has 33 heavy (non-hydrogen) atoms. The van der Waals surface area contributed by atoms with Gasteiger partial charge in [0.25, 0.3) is 0 Å². The fourth-order valence-corrected chi connectivity index (χ4v) is 4.29. The Bertz CT molecular complexity index is 1370. The smallest absolute Gasteiger partial charge is 0.230 e. The van der Waals surface area contributed by atoms with Crippen molar-refractivity contribution in [3.63, 3.8) is 0 Å². The minimum Gasteiger partial charge on any atom is -0.312 e. The van der Waals surface area contributed by atoms with Crippen LogP contribution < -0.4 is 10.2 Å². The van der Waals surface area contributed by atoms with Crippen molar-refractivity contribution in [2.45, 2.75) is 27.2 Å². The van der Waals surface area contributed by atoms with Gasteiger partial charge in [-0.05, 0) is 50.6 Å². The lowest BCUT2D eigenvalue weighted by molar-refractivity contribution is -0.122. The topological polar surface area (TPSA) is 80.1 Å². The van der Waals surface area contributed by atoms with Gasteiger partial charge in [-0.15, -0.1) is 0 Å². The van der Waals surface area contributed by atoms with Crippen LogP contribution in [0.3, 0.4) is 0 Å². The molecular formula is C26H25N5O2. The number of para-hydroxylation sites is 1. The summed E-state index contributed by atoms with van der Waals surface area (Å²) in [6, 6.07) is 19.5. The van der Waals surface area contributed by atoms with Crippen LogP contribution in [-0.2, 0) is 9.59 Å². The zero-order valence-corrected chi connectivity index (χ0v) is 18.9.